The van der Waals surface area contributed by atoms with Crippen molar-refractivity contribution in [2.24, 2.45) is 5.73 Å². The van der Waals surface area contributed by atoms with Crippen molar-refractivity contribution in [3.63, 3.8) is 0 Å². The van der Waals surface area contributed by atoms with Gasteiger partial charge in [-0.25, -0.2) is 8.42 Å². The maximum atomic E-state index is 12.7. The highest BCUT2D eigenvalue weighted by Crippen LogP contribution is 2.29. The molecular formula is C15H16ClNO2S. The van der Waals surface area contributed by atoms with Crippen LogP contribution in [0.1, 0.15) is 16.4 Å². The van der Waals surface area contributed by atoms with Crippen LogP contribution in [-0.4, -0.2) is 15.0 Å². The van der Waals surface area contributed by atoms with E-state index in [9.17, 15) is 8.42 Å². The Bertz CT molecular complexity index is 696. The van der Waals surface area contributed by atoms with E-state index in [1.54, 1.807) is 18.2 Å². The molecule has 2 aromatic rings. The molecule has 5 heteroatoms. The highest BCUT2D eigenvalue weighted by atomic mass is 35.5. The molecule has 0 saturated heterocycles. The maximum Gasteiger partial charge on any atom is 0.186 e. The predicted molar refractivity (Wildman–Crippen MR) is 81.6 cm³/mol. The Labute approximate surface area is 124 Å². The smallest absolute Gasteiger partial charge is 0.186 e. The molecule has 0 fully saturated rings. The topological polar surface area (TPSA) is 60.2 Å². The summed E-state index contributed by atoms with van der Waals surface area (Å²) in [6, 6.07) is 13.6. The van der Waals surface area contributed by atoms with Crippen LogP contribution < -0.4 is 5.73 Å². The second-order valence-corrected chi connectivity index (χ2v) is 7.20. The van der Waals surface area contributed by atoms with E-state index in [2.05, 4.69) is 0 Å². The first-order valence-electron chi connectivity index (χ1n) is 6.21. The van der Waals surface area contributed by atoms with Crippen molar-refractivity contribution < 1.29 is 8.42 Å². The number of sulfone groups is 1. The van der Waals surface area contributed by atoms with E-state index < -0.39 is 15.1 Å². The van der Waals surface area contributed by atoms with Gasteiger partial charge < -0.3 is 5.73 Å². The van der Waals surface area contributed by atoms with E-state index in [1.807, 2.05) is 25.1 Å². The molecule has 0 radical (unpaired) electrons. The Morgan fingerprint density at radius 2 is 1.80 bits per heavy atom. The fraction of sp³-hybridized carbons (Fsp3) is 0.200. The van der Waals surface area contributed by atoms with E-state index in [0.717, 1.165) is 5.56 Å². The Morgan fingerprint density at radius 3 is 2.35 bits per heavy atom. The van der Waals surface area contributed by atoms with Crippen molar-refractivity contribution in [1.82, 2.24) is 0 Å². The van der Waals surface area contributed by atoms with Crippen molar-refractivity contribution in [2.75, 3.05) is 6.54 Å². The van der Waals surface area contributed by atoms with Gasteiger partial charge in [0.25, 0.3) is 0 Å². The molecule has 2 rings (SSSR count). The summed E-state index contributed by atoms with van der Waals surface area (Å²) in [6.07, 6.45) is 0. The van der Waals surface area contributed by atoms with Gasteiger partial charge in [0.1, 0.15) is 5.25 Å². The number of hydrogen-bond donors (Lipinski definition) is 1. The lowest BCUT2D eigenvalue weighted by Crippen LogP contribution is -2.22. The highest BCUT2D eigenvalue weighted by Gasteiger charge is 2.27. The van der Waals surface area contributed by atoms with Gasteiger partial charge in [-0.15, -0.1) is 0 Å². The minimum Gasteiger partial charge on any atom is -0.329 e. The molecule has 0 spiro atoms. The minimum absolute atomic E-state index is 0.0361. The van der Waals surface area contributed by atoms with Gasteiger partial charge in [-0.3, -0.25) is 0 Å². The summed E-state index contributed by atoms with van der Waals surface area (Å²) in [7, 11) is -3.52. The lowest BCUT2D eigenvalue weighted by atomic mass is 10.1. The highest BCUT2D eigenvalue weighted by molar-refractivity contribution is 7.91. The van der Waals surface area contributed by atoms with Gasteiger partial charge in [0.05, 0.1) is 4.90 Å². The van der Waals surface area contributed by atoms with Crippen molar-refractivity contribution in [1.29, 1.82) is 0 Å². The molecule has 0 aliphatic heterocycles. The lowest BCUT2D eigenvalue weighted by molar-refractivity contribution is 0.582. The van der Waals surface area contributed by atoms with Crippen LogP contribution in [0.25, 0.3) is 0 Å². The van der Waals surface area contributed by atoms with E-state index in [4.69, 9.17) is 17.3 Å². The first-order valence-corrected chi connectivity index (χ1v) is 8.13. The number of nitrogens with two attached hydrogens (primary N) is 1. The zero-order valence-electron chi connectivity index (χ0n) is 11.1. The molecule has 0 heterocycles. The Hall–Kier alpha value is -1.36. The largest absolute Gasteiger partial charge is 0.329 e. The van der Waals surface area contributed by atoms with Crippen LogP contribution in [0.4, 0.5) is 0 Å². The number of benzene rings is 2. The summed E-state index contributed by atoms with van der Waals surface area (Å²) in [5.74, 6) is 0. The van der Waals surface area contributed by atoms with Crippen LogP contribution in [-0.2, 0) is 9.84 Å². The van der Waals surface area contributed by atoms with Crippen molar-refractivity contribution in [3.8, 4) is 0 Å². The molecule has 2 N–H and O–H groups in total. The summed E-state index contributed by atoms with van der Waals surface area (Å²) in [5.41, 5.74) is 7.42. The standard InChI is InChI=1S/C15H16ClNO2S/c1-11-3-2-4-12(9-11)15(10-17)20(18,19)14-7-5-13(16)6-8-14/h2-9,15H,10,17H2,1H3/t15-/m0/s1. The summed E-state index contributed by atoms with van der Waals surface area (Å²) >= 11 is 5.79. The third-order valence-electron chi connectivity index (χ3n) is 3.14. The lowest BCUT2D eigenvalue weighted by Gasteiger charge is -2.17. The summed E-state index contributed by atoms with van der Waals surface area (Å²) in [6.45, 7) is 1.96. The summed E-state index contributed by atoms with van der Waals surface area (Å²) in [5, 5.41) is -0.243. The molecule has 106 valence electrons. The van der Waals surface area contributed by atoms with E-state index >= 15 is 0 Å². The quantitative estimate of drug-likeness (QED) is 0.944. The van der Waals surface area contributed by atoms with Crippen molar-refractivity contribution >= 4 is 21.4 Å². The molecule has 3 nitrogen and oxygen atoms in total. The zero-order valence-corrected chi connectivity index (χ0v) is 12.7. The van der Waals surface area contributed by atoms with E-state index in [1.165, 1.54) is 12.1 Å². The second-order valence-electron chi connectivity index (χ2n) is 4.64. The molecule has 0 bridgehead atoms. The first kappa shape index (κ1) is 15.0. The fourth-order valence-electron chi connectivity index (χ4n) is 2.10. The number of halogens is 1. The summed E-state index contributed by atoms with van der Waals surface area (Å²) < 4.78 is 25.3. The average Bonchev–Trinajstić information content (AvgIpc) is 2.40. The summed E-state index contributed by atoms with van der Waals surface area (Å²) in [4.78, 5) is 0.235. The van der Waals surface area contributed by atoms with Crippen LogP contribution in [0.3, 0.4) is 0 Å². The van der Waals surface area contributed by atoms with Crippen LogP contribution in [0, 0.1) is 6.92 Å². The first-order chi connectivity index (χ1) is 9.45. The van der Waals surface area contributed by atoms with Gasteiger partial charge in [0, 0.05) is 11.6 Å². The van der Waals surface area contributed by atoms with E-state index in [0.29, 0.717) is 10.6 Å². The fourth-order valence-corrected chi connectivity index (χ4v) is 3.83. The van der Waals surface area contributed by atoms with Gasteiger partial charge in [-0.2, -0.15) is 0 Å². The molecule has 0 amide bonds. The Morgan fingerprint density at radius 1 is 1.15 bits per heavy atom. The zero-order chi connectivity index (χ0) is 14.8. The molecule has 0 aromatic heterocycles. The molecular weight excluding hydrogens is 294 g/mol. The molecule has 0 saturated carbocycles. The molecule has 0 unspecified atom stereocenters. The molecule has 0 aliphatic carbocycles. The van der Waals surface area contributed by atoms with Crippen LogP contribution in [0.15, 0.2) is 53.4 Å². The average molecular weight is 310 g/mol. The van der Waals surface area contributed by atoms with Crippen LogP contribution >= 0.6 is 11.6 Å². The normalized spacial score (nSPS) is 13.2. The molecule has 20 heavy (non-hydrogen) atoms. The molecule has 0 aliphatic rings. The van der Waals surface area contributed by atoms with E-state index in [-0.39, 0.29) is 11.4 Å². The Balaban J connectivity index is 2.47. The Kier molecular flexibility index (Phi) is 4.48. The number of rotatable bonds is 4. The van der Waals surface area contributed by atoms with Gasteiger partial charge in [-0.05, 0) is 36.8 Å². The predicted octanol–water partition coefficient (Wildman–Crippen LogP) is 3.12. The van der Waals surface area contributed by atoms with Gasteiger partial charge in [0.2, 0.25) is 0 Å². The monoisotopic (exact) mass is 309 g/mol. The van der Waals surface area contributed by atoms with Crippen molar-refractivity contribution in [3.05, 3.63) is 64.7 Å². The maximum absolute atomic E-state index is 12.7. The molecule has 2 aromatic carbocycles. The van der Waals surface area contributed by atoms with Gasteiger partial charge in [0.15, 0.2) is 9.84 Å². The number of hydrogen-bond acceptors (Lipinski definition) is 3. The van der Waals surface area contributed by atoms with Gasteiger partial charge >= 0.3 is 0 Å². The van der Waals surface area contributed by atoms with Crippen LogP contribution in [0.5, 0.6) is 0 Å². The minimum atomic E-state index is -3.52. The van der Waals surface area contributed by atoms with Gasteiger partial charge in [-0.1, -0.05) is 41.4 Å². The third-order valence-corrected chi connectivity index (χ3v) is 5.54. The van der Waals surface area contributed by atoms with Crippen molar-refractivity contribution in [2.45, 2.75) is 17.1 Å². The third kappa shape index (κ3) is 3.03. The van der Waals surface area contributed by atoms with Crippen LogP contribution in [0.2, 0.25) is 5.02 Å². The molecule has 1 atom stereocenters. The number of aryl methyl sites for hydroxylation is 1. The second kappa shape index (κ2) is 5.95. The SMILES string of the molecule is Cc1cccc([C@H](CN)S(=O)(=O)c2ccc(Cl)cc2)c1.